The molecule has 3 heteroatoms. The van der Waals surface area contributed by atoms with Crippen LogP contribution in [0.2, 0.25) is 0 Å². The van der Waals surface area contributed by atoms with Gasteiger partial charge in [0.1, 0.15) is 0 Å². The summed E-state index contributed by atoms with van der Waals surface area (Å²) in [6.45, 7) is 2.88. The summed E-state index contributed by atoms with van der Waals surface area (Å²) in [5, 5.41) is 4.14. The van der Waals surface area contributed by atoms with Gasteiger partial charge in [-0.15, -0.1) is 0 Å². The van der Waals surface area contributed by atoms with Crippen molar-refractivity contribution >= 4 is 5.69 Å². The van der Waals surface area contributed by atoms with Crippen LogP contribution in [0.4, 0.5) is 5.69 Å². The molecule has 1 heterocycles. The van der Waals surface area contributed by atoms with E-state index in [1.54, 1.807) is 6.20 Å². The van der Waals surface area contributed by atoms with Crippen LogP contribution < -0.4 is 5.73 Å². The molecule has 72 valence electrons. The van der Waals surface area contributed by atoms with E-state index in [2.05, 4.69) is 24.2 Å². The predicted molar refractivity (Wildman–Crippen MR) is 56.9 cm³/mol. The molecule has 0 aliphatic heterocycles. The highest BCUT2D eigenvalue weighted by Crippen LogP contribution is 2.09. The van der Waals surface area contributed by atoms with Crippen molar-refractivity contribution in [2.75, 3.05) is 5.73 Å². The first kappa shape index (κ1) is 8.81. The zero-order valence-corrected chi connectivity index (χ0v) is 8.14. The molecular formula is C11H13N3. The van der Waals surface area contributed by atoms with Gasteiger partial charge < -0.3 is 5.73 Å². The molecule has 0 saturated heterocycles. The zero-order valence-electron chi connectivity index (χ0n) is 8.14. The maximum Gasteiger partial charge on any atom is 0.0719 e. The first-order valence-corrected chi connectivity index (χ1v) is 4.58. The number of aryl methyl sites for hydroxylation is 1. The Balaban J connectivity index is 2.23. The smallest absolute Gasteiger partial charge is 0.0719 e. The molecule has 0 atom stereocenters. The SMILES string of the molecule is Cc1ccccc1Cn1cc(N)cn1. The molecule has 0 fully saturated rings. The summed E-state index contributed by atoms with van der Waals surface area (Å²) in [7, 11) is 0. The third-order valence-corrected chi connectivity index (χ3v) is 2.25. The highest BCUT2D eigenvalue weighted by Gasteiger charge is 1.99. The standard InChI is InChI=1S/C11H13N3/c1-9-4-2-3-5-10(9)7-14-8-11(12)6-13-14/h2-6,8H,7,12H2,1H3. The zero-order chi connectivity index (χ0) is 9.97. The summed E-state index contributed by atoms with van der Waals surface area (Å²) in [5.74, 6) is 0. The number of nitrogens with zero attached hydrogens (tertiary/aromatic N) is 2. The molecule has 0 amide bonds. The second-order valence-electron chi connectivity index (χ2n) is 3.40. The molecule has 0 bridgehead atoms. The first-order valence-electron chi connectivity index (χ1n) is 4.58. The minimum Gasteiger partial charge on any atom is -0.396 e. The van der Waals surface area contributed by atoms with Crippen molar-refractivity contribution in [2.45, 2.75) is 13.5 Å². The van der Waals surface area contributed by atoms with Crippen molar-refractivity contribution in [3.63, 3.8) is 0 Å². The topological polar surface area (TPSA) is 43.8 Å². The van der Waals surface area contributed by atoms with Crippen LogP contribution in [-0.2, 0) is 6.54 Å². The molecule has 0 saturated carbocycles. The molecule has 0 aliphatic carbocycles. The molecule has 2 N–H and O–H groups in total. The average Bonchev–Trinajstić information content (AvgIpc) is 2.56. The molecule has 0 unspecified atom stereocenters. The number of nitrogen functional groups attached to an aromatic ring is 1. The highest BCUT2D eigenvalue weighted by atomic mass is 15.3. The van der Waals surface area contributed by atoms with Crippen molar-refractivity contribution in [3.8, 4) is 0 Å². The lowest BCUT2D eigenvalue weighted by Crippen LogP contribution is -2.01. The Morgan fingerprint density at radius 2 is 2.14 bits per heavy atom. The van der Waals surface area contributed by atoms with E-state index in [1.807, 2.05) is 23.0 Å². The van der Waals surface area contributed by atoms with Gasteiger partial charge in [-0.05, 0) is 18.1 Å². The monoisotopic (exact) mass is 187 g/mol. The van der Waals surface area contributed by atoms with Crippen LogP contribution in [-0.4, -0.2) is 9.78 Å². The number of anilines is 1. The van der Waals surface area contributed by atoms with Crippen molar-refractivity contribution in [1.29, 1.82) is 0 Å². The highest BCUT2D eigenvalue weighted by molar-refractivity contribution is 5.31. The van der Waals surface area contributed by atoms with Crippen LogP contribution in [0.3, 0.4) is 0 Å². The van der Waals surface area contributed by atoms with Gasteiger partial charge in [0.2, 0.25) is 0 Å². The van der Waals surface area contributed by atoms with E-state index >= 15 is 0 Å². The van der Waals surface area contributed by atoms with Gasteiger partial charge in [-0.2, -0.15) is 5.10 Å². The second-order valence-corrected chi connectivity index (χ2v) is 3.40. The van der Waals surface area contributed by atoms with Crippen molar-refractivity contribution in [3.05, 3.63) is 47.8 Å². The molecule has 3 nitrogen and oxygen atoms in total. The summed E-state index contributed by atoms with van der Waals surface area (Å²) in [5.41, 5.74) is 8.85. The number of hydrogen-bond acceptors (Lipinski definition) is 2. The maximum absolute atomic E-state index is 5.59. The Hall–Kier alpha value is -1.77. The molecule has 0 spiro atoms. The van der Waals surface area contributed by atoms with Crippen molar-refractivity contribution in [2.24, 2.45) is 0 Å². The molecule has 0 radical (unpaired) electrons. The van der Waals surface area contributed by atoms with Gasteiger partial charge in [-0.25, -0.2) is 0 Å². The normalized spacial score (nSPS) is 10.4. The third kappa shape index (κ3) is 1.76. The van der Waals surface area contributed by atoms with Crippen LogP contribution >= 0.6 is 0 Å². The number of hydrogen-bond donors (Lipinski definition) is 1. The van der Waals surface area contributed by atoms with E-state index in [0.717, 1.165) is 6.54 Å². The molecular weight excluding hydrogens is 174 g/mol. The van der Waals surface area contributed by atoms with E-state index in [9.17, 15) is 0 Å². The van der Waals surface area contributed by atoms with Gasteiger partial charge in [0.15, 0.2) is 0 Å². The van der Waals surface area contributed by atoms with Crippen LogP contribution in [0.1, 0.15) is 11.1 Å². The Morgan fingerprint density at radius 3 is 2.79 bits per heavy atom. The molecule has 2 aromatic rings. The van der Waals surface area contributed by atoms with Gasteiger partial charge in [-0.3, -0.25) is 4.68 Å². The summed E-state index contributed by atoms with van der Waals surface area (Å²) < 4.78 is 1.84. The van der Waals surface area contributed by atoms with E-state index in [1.165, 1.54) is 11.1 Å². The molecule has 14 heavy (non-hydrogen) atoms. The largest absolute Gasteiger partial charge is 0.396 e. The fourth-order valence-electron chi connectivity index (χ4n) is 1.43. The van der Waals surface area contributed by atoms with Gasteiger partial charge >= 0.3 is 0 Å². The van der Waals surface area contributed by atoms with E-state index in [4.69, 9.17) is 5.73 Å². The number of benzene rings is 1. The predicted octanol–water partition coefficient (Wildman–Crippen LogP) is 1.82. The summed E-state index contributed by atoms with van der Waals surface area (Å²) in [6, 6.07) is 8.28. The molecule has 0 aliphatic rings. The Labute approximate surface area is 83.2 Å². The Kier molecular flexibility index (Phi) is 2.23. The van der Waals surface area contributed by atoms with Crippen molar-refractivity contribution in [1.82, 2.24) is 9.78 Å². The second kappa shape index (κ2) is 3.54. The van der Waals surface area contributed by atoms with Crippen LogP contribution in [0.25, 0.3) is 0 Å². The number of aromatic nitrogens is 2. The van der Waals surface area contributed by atoms with Gasteiger partial charge in [0.25, 0.3) is 0 Å². The first-order chi connectivity index (χ1) is 6.75. The molecule has 2 rings (SSSR count). The van der Waals surface area contributed by atoms with E-state index in [0.29, 0.717) is 5.69 Å². The van der Waals surface area contributed by atoms with Crippen LogP contribution in [0, 0.1) is 6.92 Å². The minimum atomic E-state index is 0.707. The van der Waals surface area contributed by atoms with Gasteiger partial charge in [0.05, 0.1) is 18.4 Å². The molecule has 1 aromatic carbocycles. The van der Waals surface area contributed by atoms with Crippen LogP contribution in [0.5, 0.6) is 0 Å². The van der Waals surface area contributed by atoms with Crippen LogP contribution in [0.15, 0.2) is 36.7 Å². The Bertz CT molecular complexity index is 432. The van der Waals surface area contributed by atoms with Gasteiger partial charge in [0, 0.05) is 6.20 Å². The summed E-state index contributed by atoms with van der Waals surface area (Å²) in [6.07, 6.45) is 3.50. The lowest BCUT2D eigenvalue weighted by molar-refractivity contribution is 0.684. The summed E-state index contributed by atoms with van der Waals surface area (Å²) in [4.78, 5) is 0. The lowest BCUT2D eigenvalue weighted by Gasteiger charge is -2.04. The van der Waals surface area contributed by atoms with Gasteiger partial charge in [-0.1, -0.05) is 24.3 Å². The fourth-order valence-corrected chi connectivity index (χ4v) is 1.43. The minimum absolute atomic E-state index is 0.707. The average molecular weight is 187 g/mol. The van der Waals surface area contributed by atoms with Crippen molar-refractivity contribution < 1.29 is 0 Å². The molecule has 1 aromatic heterocycles. The summed E-state index contributed by atoms with van der Waals surface area (Å²) >= 11 is 0. The van der Waals surface area contributed by atoms with E-state index < -0.39 is 0 Å². The number of nitrogens with two attached hydrogens (primary N) is 1. The van der Waals surface area contributed by atoms with E-state index in [-0.39, 0.29) is 0 Å². The Morgan fingerprint density at radius 1 is 1.36 bits per heavy atom. The fraction of sp³-hybridized carbons (Fsp3) is 0.182. The number of rotatable bonds is 2. The lowest BCUT2D eigenvalue weighted by atomic mass is 10.1. The quantitative estimate of drug-likeness (QED) is 0.779. The maximum atomic E-state index is 5.59. The third-order valence-electron chi connectivity index (χ3n) is 2.25.